The number of benzene rings is 1. The minimum atomic E-state index is 0.0179. The Morgan fingerprint density at radius 1 is 1.21 bits per heavy atom. The number of aryl methyl sites for hydroxylation is 1. The molecule has 0 spiro atoms. The van der Waals surface area contributed by atoms with E-state index in [-0.39, 0.29) is 12.5 Å². The first kappa shape index (κ1) is 12.5. The van der Waals surface area contributed by atoms with Gasteiger partial charge in [0.05, 0.1) is 0 Å². The van der Waals surface area contributed by atoms with Gasteiger partial charge in [-0.1, -0.05) is 17.7 Å². The van der Waals surface area contributed by atoms with E-state index in [0.29, 0.717) is 6.04 Å². The van der Waals surface area contributed by atoms with Gasteiger partial charge in [-0.15, -0.1) is 0 Å². The van der Waals surface area contributed by atoms with Crippen LogP contribution in [0.4, 0.5) is 0 Å². The highest BCUT2D eigenvalue weighted by molar-refractivity contribution is 5.78. The van der Waals surface area contributed by atoms with Crippen LogP contribution in [-0.4, -0.2) is 18.6 Å². The Labute approximate surface area is 114 Å². The highest BCUT2D eigenvalue weighted by Crippen LogP contribution is 2.44. The summed E-state index contributed by atoms with van der Waals surface area (Å²) in [5.74, 6) is 2.24. The molecule has 0 heterocycles. The molecule has 2 fully saturated rings. The van der Waals surface area contributed by atoms with Gasteiger partial charge < -0.3 is 10.1 Å². The van der Waals surface area contributed by atoms with Crippen molar-refractivity contribution < 1.29 is 9.53 Å². The molecular formula is C16H21NO2. The van der Waals surface area contributed by atoms with E-state index in [1.54, 1.807) is 0 Å². The predicted molar refractivity (Wildman–Crippen MR) is 74.1 cm³/mol. The summed E-state index contributed by atoms with van der Waals surface area (Å²) >= 11 is 0. The molecule has 1 amide bonds. The van der Waals surface area contributed by atoms with Crippen LogP contribution < -0.4 is 10.1 Å². The van der Waals surface area contributed by atoms with Gasteiger partial charge in [0.1, 0.15) is 5.75 Å². The van der Waals surface area contributed by atoms with Crippen LogP contribution >= 0.6 is 0 Å². The van der Waals surface area contributed by atoms with Gasteiger partial charge in [-0.05, 0) is 56.6 Å². The van der Waals surface area contributed by atoms with Crippen molar-refractivity contribution >= 4 is 5.91 Å². The third-order valence-electron chi connectivity index (χ3n) is 3.98. The normalized spacial score (nSPS) is 18.4. The van der Waals surface area contributed by atoms with Crippen LogP contribution in [0.1, 0.15) is 31.2 Å². The van der Waals surface area contributed by atoms with E-state index < -0.39 is 0 Å². The van der Waals surface area contributed by atoms with Crippen molar-refractivity contribution in [2.45, 2.75) is 38.6 Å². The Morgan fingerprint density at radius 2 is 1.79 bits per heavy atom. The molecule has 2 aliphatic rings. The molecule has 2 aliphatic carbocycles. The Hall–Kier alpha value is -1.51. The number of hydrogen-bond acceptors (Lipinski definition) is 2. The molecule has 0 aliphatic heterocycles. The summed E-state index contributed by atoms with van der Waals surface area (Å²) < 4.78 is 5.51. The molecule has 3 nitrogen and oxygen atoms in total. The quantitative estimate of drug-likeness (QED) is 0.853. The van der Waals surface area contributed by atoms with E-state index in [9.17, 15) is 4.79 Å². The molecule has 3 heteroatoms. The predicted octanol–water partition coefficient (Wildman–Crippen LogP) is 2.68. The van der Waals surface area contributed by atoms with Gasteiger partial charge >= 0.3 is 0 Å². The summed E-state index contributed by atoms with van der Waals surface area (Å²) in [5.41, 5.74) is 1.19. The lowest BCUT2D eigenvalue weighted by Crippen LogP contribution is -2.40. The van der Waals surface area contributed by atoms with E-state index in [2.05, 4.69) is 5.32 Å². The lowest BCUT2D eigenvalue weighted by Gasteiger charge is -2.17. The molecule has 0 atom stereocenters. The third-order valence-corrected chi connectivity index (χ3v) is 3.98. The molecule has 0 unspecified atom stereocenters. The van der Waals surface area contributed by atoms with Crippen molar-refractivity contribution in [2.24, 2.45) is 11.8 Å². The van der Waals surface area contributed by atoms with E-state index in [4.69, 9.17) is 4.74 Å². The number of ether oxygens (including phenoxy) is 1. The Balaban J connectivity index is 1.46. The number of carbonyl (C=O) groups is 1. The second kappa shape index (κ2) is 5.24. The van der Waals surface area contributed by atoms with Gasteiger partial charge in [0.15, 0.2) is 6.61 Å². The number of carbonyl (C=O) groups excluding carboxylic acids is 1. The zero-order valence-corrected chi connectivity index (χ0v) is 11.4. The number of nitrogens with one attached hydrogen (secondary N) is 1. The lowest BCUT2D eigenvalue weighted by molar-refractivity contribution is -0.124. The van der Waals surface area contributed by atoms with Crippen LogP contribution in [0, 0.1) is 18.8 Å². The zero-order chi connectivity index (χ0) is 13.2. The fourth-order valence-electron chi connectivity index (χ4n) is 2.54. The molecule has 0 aromatic heterocycles. The van der Waals surface area contributed by atoms with Crippen LogP contribution in [-0.2, 0) is 4.79 Å². The molecule has 3 rings (SSSR count). The zero-order valence-electron chi connectivity index (χ0n) is 11.4. The minimum Gasteiger partial charge on any atom is -0.484 e. The van der Waals surface area contributed by atoms with Gasteiger partial charge in [0.2, 0.25) is 0 Å². The first-order valence-corrected chi connectivity index (χ1v) is 7.21. The van der Waals surface area contributed by atoms with Crippen LogP contribution in [0.15, 0.2) is 24.3 Å². The molecular weight excluding hydrogens is 238 g/mol. The first-order valence-electron chi connectivity index (χ1n) is 7.21. The first-order chi connectivity index (χ1) is 9.22. The molecule has 0 bridgehead atoms. The second-order valence-corrected chi connectivity index (χ2v) is 5.87. The van der Waals surface area contributed by atoms with Crippen LogP contribution in [0.2, 0.25) is 0 Å². The molecule has 1 N–H and O–H groups in total. The van der Waals surface area contributed by atoms with Gasteiger partial charge in [0.25, 0.3) is 5.91 Å². The van der Waals surface area contributed by atoms with Crippen LogP contribution in [0.25, 0.3) is 0 Å². The van der Waals surface area contributed by atoms with Gasteiger partial charge in [0, 0.05) is 6.04 Å². The summed E-state index contributed by atoms with van der Waals surface area (Å²) in [5, 5.41) is 3.16. The van der Waals surface area contributed by atoms with E-state index >= 15 is 0 Å². The fraction of sp³-hybridized carbons (Fsp3) is 0.562. The van der Waals surface area contributed by atoms with Gasteiger partial charge in [-0.3, -0.25) is 4.79 Å². The maximum atomic E-state index is 11.9. The Morgan fingerprint density at radius 3 is 2.32 bits per heavy atom. The maximum Gasteiger partial charge on any atom is 0.258 e. The minimum absolute atomic E-state index is 0.0179. The monoisotopic (exact) mass is 259 g/mol. The van der Waals surface area contributed by atoms with Crippen LogP contribution in [0.3, 0.4) is 0 Å². The highest BCUT2D eigenvalue weighted by Gasteiger charge is 2.42. The van der Waals surface area contributed by atoms with Crippen molar-refractivity contribution in [1.82, 2.24) is 5.32 Å². The topological polar surface area (TPSA) is 38.3 Å². The smallest absolute Gasteiger partial charge is 0.258 e. The number of hydrogen-bond donors (Lipinski definition) is 1. The highest BCUT2D eigenvalue weighted by atomic mass is 16.5. The summed E-state index contributed by atoms with van der Waals surface area (Å²) in [6, 6.07) is 8.20. The molecule has 19 heavy (non-hydrogen) atoms. The fourth-order valence-corrected chi connectivity index (χ4v) is 2.54. The second-order valence-electron chi connectivity index (χ2n) is 5.87. The largest absolute Gasteiger partial charge is 0.484 e. The Bertz CT molecular complexity index is 434. The number of rotatable bonds is 6. The standard InChI is InChI=1S/C16H21NO2/c1-11-2-8-14(9-3-11)19-10-15(18)17-16(12-4-5-12)13-6-7-13/h2-3,8-9,12-13,16H,4-7,10H2,1H3,(H,17,18). The molecule has 0 saturated heterocycles. The van der Waals surface area contributed by atoms with Crippen molar-refractivity contribution in [2.75, 3.05) is 6.61 Å². The summed E-state index contributed by atoms with van der Waals surface area (Å²) in [7, 11) is 0. The van der Waals surface area contributed by atoms with Gasteiger partial charge in [-0.2, -0.15) is 0 Å². The van der Waals surface area contributed by atoms with Crippen molar-refractivity contribution in [3.8, 4) is 5.75 Å². The molecule has 0 radical (unpaired) electrons. The van der Waals surface area contributed by atoms with Gasteiger partial charge in [-0.25, -0.2) is 0 Å². The van der Waals surface area contributed by atoms with Crippen molar-refractivity contribution in [1.29, 1.82) is 0 Å². The average Bonchev–Trinajstić information content (AvgIpc) is 3.29. The van der Waals surface area contributed by atoms with E-state index in [1.165, 1.54) is 31.2 Å². The summed E-state index contributed by atoms with van der Waals surface area (Å²) in [6.07, 6.45) is 5.11. The molecule has 1 aromatic carbocycles. The van der Waals surface area contributed by atoms with Crippen molar-refractivity contribution in [3.63, 3.8) is 0 Å². The molecule has 1 aromatic rings. The summed E-state index contributed by atoms with van der Waals surface area (Å²) in [6.45, 7) is 2.16. The van der Waals surface area contributed by atoms with Crippen molar-refractivity contribution in [3.05, 3.63) is 29.8 Å². The van der Waals surface area contributed by atoms with Crippen LogP contribution in [0.5, 0.6) is 5.75 Å². The Kier molecular flexibility index (Phi) is 3.45. The van der Waals surface area contributed by atoms with E-state index in [0.717, 1.165) is 17.6 Å². The lowest BCUT2D eigenvalue weighted by atomic mass is 10.1. The van der Waals surface area contributed by atoms with E-state index in [1.807, 2.05) is 31.2 Å². The molecule has 2 saturated carbocycles. The third kappa shape index (κ3) is 3.49. The average molecular weight is 259 g/mol. The molecule has 102 valence electrons. The number of amides is 1. The SMILES string of the molecule is Cc1ccc(OCC(=O)NC(C2CC2)C2CC2)cc1. The maximum absolute atomic E-state index is 11.9. The summed E-state index contributed by atoms with van der Waals surface area (Å²) in [4.78, 5) is 11.9.